The van der Waals surface area contributed by atoms with Gasteiger partial charge in [0.05, 0.1) is 12.2 Å². The van der Waals surface area contributed by atoms with Crippen LogP contribution < -0.4 is 0 Å². The van der Waals surface area contributed by atoms with Gasteiger partial charge in [0.25, 0.3) is 0 Å². The highest BCUT2D eigenvalue weighted by molar-refractivity contribution is 7.99. The third-order valence-electron chi connectivity index (χ3n) is 5.69. The van der Waals surface area contributed by atoms with Gasteiger partial charge in [0, 0.05) is 31.6 Å². The summed E-state index contributed by atoms with van der Waals surface area (Å²) in [6.45, 7) is 1.29. The summed E-state index contributed by atoms with van der Waals surface area (Å²) in [5, 5.41) is 9.67. The number of carbonyl (C=O) groups is 1. The van der Waals surface area contributed by atoms with Crippen molar-refractivity contribution < 1.29 is 19.5 Å². The normalized spacial score (nSPS) is 26.4. The fourth-order valence-corrected chi connectivity index (χ4v) is 5.28. The van der Waals surface area contributed by atoms with Crippen LogP contribution in [0.25, 0.3) is 0 Å². The Morgan fingerprint density at radius 2 is 1.89 bits per heavy atom. The second-order valence-corrected chi connectivity index (χ2v) is 8.66. The number of rotatable bonds is 11. The summed E-state index contributed by atoms with van der Waals surface area (Å²) in [4.78, 5) is 12.7. The summed E-state index contributed by atoms with van der Waals surface area (Å²) in [5.74, 6) is 2.12. The predicted molar refractivity (Wildman–Crippen MR) is 106 cm³/mol. The Balaban J connectivity index is 1.35. The molecule has 150 valence electrons. The smallest absolute Gasteiger partial charge is 0.245 e. The number of hydrogen-bond acceptors (Lipinski definition) is 5. The molecule has 0 aromatic heterocycles. The van der Waals surface area contributed by atoms with Gasteiger partial charge in [-0.15, -0.1) is 11.8 Å². The maximum Gasteiger partial charge on any atom is 0.245 e. The highest BCUT2D eigenvalue weighted by atomic mass is 32.2. The van der Waals surface area contributed by atoms with Crippen LogP contribution in [0.4, 0.5) is 0 Å². The van der Waals surface area contributed by atoms with Crippen molar-refractivity contribution >= 4 is 17.7 Å². The Hall–Kier alpha value is -1.08. The van der Waals surface area contributed by atoms with E-state index in [1.807, 2.05) is 11.8 Å². The van der Waals surface area contributed by atoms with Crippen LogP contribution >= 0.6 is 11.8 Å². The van der Waals surface area contributed by atoms with Crippen molar-refractivity contribution in [3.8, 4) is 0 Å². The Labute approximate surface area is 166 Å². The van der Waals surface area contributed by atoms with Gasteiger partial charge in [-0.25, -0.2) is 5.06 Å². The molecule has 2 saturated heterocycles. The minimum atomic E-state index is -0.268. The zero-order valence-corrected chi connectivity index (χ0v) is 16.9. The number of hydrogen-bond donors (Lipinski definition) is 1. The molecule has 2 fully saturated rings. The topological polar surface area (TPSA) is 59.0 Å². The van der Waals surface area contributed by atoms with Crippen molar-refractivity contribution in [1.82, 2.24) is 5.06 Å². The first-order valence-electron chi connectivity index (χ1n) is 10.0. The number of hydroxylamine groups is 2. The molecule has 1 aromatic rings. The van der Waals surface area contributed by atoms with E-state index in [1.165, 1.54) is 31.2 Å². The second kappa shape index (κ2) is 10.5. The Bertz CT molecular complexity index is 583. The Kier molecular flexibility index (Phi) is 8.00. The van der Waals surface area contributed by atoms with Crippen molar-refractivity contribution in [3.05, 3.63) is 30.3 Å². The van der Waals surface area contributed by atoms with Crippen molar-refractivity contribution in [3.63, 3.8) is 0 Å². The van der Waals surface area contributed by atoms with Crippen molar-refractivity contribution in [2.75, 3.05) is 26.0 Å². The quantitative estimate of drug-likeness (QED) is 0.267. The molecule has 1 N–H and O–H groups in total. The highest BCUT2D eigenvalue weighted by Crippen LogP contribution is 2.47. The number of thioether (sulfide) groups is 1. The minimum absolute atomic E-state index is 0.268. The third kappa shape index (κ3) is 5.95. The molecule has 0 aliphatic carbocycles. The number of amides is 1. The summed E-state index contributed by atoms with van der Waals surface area (Å²) in [6, 6.07) is 10.6. The van der Waals surface area contributed by atoms with Gasteiger partial charge >= 0.3 is 0 Å². The average Bonchev–Trinajstić information content (AvgIpc) is 3.27. The minimum Gasteiger partial charge on any atom is -0.381 e. The first-order valence-corrected chi connectivity index (χ1v) is 11.0. The van der Waals surface area contributed by atoms with E-state index in [-0.39, 0.29) is 5.91 Å². The molecule has 4 unspecified atom stereocenters. The summed E-state index contributed by atoms with van der Waals surface area (Å²) in [7, 11) is 1.36. The van der Waals surface area contributed by atoms with Gasteiger partial charge in [0.2, 0.25) is 5.91 Å². The third-order valence-corrected chi connectivity index (χ3v) is 6.73. The molecule has 5 nitrogen and oxygen atoms in total. The molecule has 2 aliphatic rings. The van der Waals surface area contributed by atoms with Crippen LogP contribution in [0, 0.1) is 11.8 Å². The van der Waals surface area contributed by atoms with E-state index in [2.05, 4.69) is 30.3 Å². The van der Waals surface area contributed by atoms with Crippen LogP contribution in [0.1, 0.15) is 38.5 Å². The highest BCUT2D eigenvalue weighted by Gasteiger charge is 2.47. The van der Waals surface area contributed by atoms with E-state index in [0.29, 0.717) is 48.6 Å². The largest absolute Gasteiger partial charge is 0.381 e. The van der Waals surface area contributed by atoms with E-state index >= 15 is 0 Å². The molecule has 2 aliphatic heterocycles. The molecular weight excluding hydrogens is 362 g/mol. The van der Waals surface area contributed by atoms with Gasteiger partial charge in [-0.05, 0) is 61.8 Å². The van der Waals surface area contributed by atoms with Gasteiger partial charge in [-0.1, -0.05) is 18.2 Å². The van der Waals surface area contributed by atoms with E-state index in [0.717, 1.165) is 18.8 Å². The molecule has 2 bridgehead atoms. The van der Waals surface area contributed by atoms with Crippen molar-refractivity contribution in [1.29, 1.82) is 0 Å². The average molecular weight is 394 g/mol. The van der Waals surface area contributed by atoms with Crippen molar-refractivity contribution in [2.45, 2.75) is 55.6 Å². The molecule has 0 saturated carbocycles. The number of benzene rings is 1. The van der Waals surface area contributed by atoms with Crippen LogP contribution in [0.3, 0.4) is 0 Å². The monoisotopic (exact) mass is 393 g/mol. The Morgan fingerprint density at radius 3 is 2.59 bits per heavy atom. The first-order chi connectivity index (χ1) is 13.1. The molecule has 4 atom stereocenters. The van der Waals surface area contributed by atoms with Crippen LogP contribution in [-0.2, 0) is 14.3 Å². The lowest BCUT2D eigenvalue weighted by molar-refractivity contribution is -0.159. The summed E-state index contributed by atoms with van der Waals surface area (Å²) < 4.78 is 11.9. The van der Waals surface area contributed by atoms with Crippen LogP contribution in [0.2, 0.25) is 0 Å². The first kappa shape index (κ1) is 20.6. The number of carbonyl (C=O) groups excluding carboxylic acids is 1. The standard InChI is InChI=1S/C21H31NO4S/c1-22(24)21(23)8-5-13-25-14-11-17-18(20-10-9-19(17)26-20)12-15-27-16-6-3-2-4-7-16/h2-4,6-7,17-20,24H,5,8-15H2,1H3. The maximum absolute atomic E-state index is 11.3. The molecule has 6 heteroatoms. The molecular formula is C21H31NO4S. The molecule has 0 radical (unpaired) electrons. The number of nitrogens with zero attached hydrogens (tertiary/aromatic N) is 1. The Morgan fingerprint density at radius 1 is 1.19 bits per heavy atom. The van der Waals surface area contributed by atoms with Gasteiger partial charge in [-0.2, -0.15) is 0 Å². The van der Waals surface area contributed by atoms with Gasteiger partial charge in [0.1, 0.15) is 0 Å². The van der Waals surface area contributed by atoms with Crippen molar-refractivity contribution in [2.24, 2.45) is 11.8 Å². The van der Waals surface area contributed by atoms with Gasteiger partial charge in [-0.3, -0.25) is 10.0 Å². The summed E-state index contributed by atoms with van der Waals surface area (Å²) in [6.07, 6.45) is 6.45. The molecule has 1 aromatic carbocycles. The number of fused-ring (bicyclic) bond motifs is 2. The van der Waals surface area contributed by atoms with Crippen LogP contribution in [0.15, 0.2) is 35.2 Å². The molecule has 27 heavy (non-hydrogen) atoms. The lowest BCUT2D eigenvalue weighted by Crippen LogP contribution is -2.29. The zero-order chi connectivity index (χ0) is 19.1. The van der Waals surface area contributed by atoms with E-state index in [9.17, 15) is 4.79 Å². The maximum atomic E-state index is 11.3. The van der Waals surface area contributed by atoms with E-state index < -0.39 is 0 Å². The van der Waals surface area contributed by atoms with Crippen LogP contribution in [0.5, 0.6) is 0 Å². The van der Waals surface area contributed by atoms with Gasteiger partial charge in [0.15, 0.2) is 0 Å². The number of ether oxygens (including phenoxy) is 2. The zero-order valence-electron chi connectivity index (χ0n) is 16.1. The molecule has 1 amide bonds. The molecule has 3 rings (SSSR count). The van der Waals surface area contributed by atoms with E-state index in [4.69, 9.17) is 14.7 Å². The van der Waals surface area contributed by atoms with Gasteiger partial charge < -0.3 is 9.47 Å². The van der Waals surface area contributed by atoms with E-state index in [1.54, 1.807) is 0 Å². The lowest BCUT2D eigenvalue weighted by atomic mass is 9.76. The van der Waals surface area contributed by atoms with Crippen LogP contribution in [-0.4, -0.2) is 54.4 Å². The molecule has 0 spiro atoms. The SMILES string of the molecule is CN(O)C(=O)CCCOCCC1C2CCC(O2)C1CCSc1ccccc1. The summed E-state index contributed by atoms with van der Waals surface area (Å²) in [5.41, 5.74) is 0. The second-order valence-electron chi connectivity index (χ2n) is 7.49. The fourth-order valence-electron chi connectivity index (χ4n) is 4.31. The predicted octanol–water partition coefficient (Wildman–Crippen LogP) is 4.00. The summed E-state index contributed by atoms with van der Waals surface area (Å²) >= 11 is 1.93. The molecule has 2 heterocycles. The fraction of sp³-hybridized carbons (Fsp3) is 0.667. The lowest BCUT2D eigenvalue weighted by Gasteiger charge is -2.28.